The first-order valence-electron chi connectivity index (χ1n) is 14.8. The van der Waals surface area contributed by atoms with Crippen molar-refractivity contribution in [3.05, 3.63) is 130 Å². The fraction of sp³-hybridized carbons (Fsp3) is 0.278. The molecule has 0 heterocycles. The second-order valence-corrected chi connectivity index (χ2v) is 15.0. The minimum absolute atomic E-state index is 0.0711. The first-order valence-corrected chi connectivity index (χ1v) is 17.0. The third-order valence-corrected chi connectivity index (χ3v) is 9.74. The number of benzene rings is 4. The van der Waals surface area contributed by atoms with Crippen molar-refractivity contribution in [1.29, 1.82) is 0 Å². The van der Waals surface area contributed by atoms with Crippen molar-refractivity contribution in [3.63, 3.8) is 0 Å². The number of amides is 2. The maximum absolute atomic E-state index is 14.6. The van der Waals surface area contributed by atoms with Gasteiger partial charge in [-0.2, -0.15) is 0 Å². The third-order valence-electron chi connectivity index (χ3n) is 7.42. The molecule has 0 aliphatic carbocycles. The monoisotopic (exact) mass is 689 g/mol. The standard InChI is InChI=1S/C36H40BrN3O4S/c1-26-16-21-31(22-27(26)2)40(45(43,44)32-14-10-7-11-15-32)25-34(41)39(24-29-17-19-30(37)20-18-29)33(35(42)38-36(3,4)5)23-28-12-8-6-9-13-28/h6-22,33H,23-25H2,1-5H3,(H,38,42). The molecule has 0 aliphatic heterocycles. The number of rotatable bonds is 11. The van der Waals surface area contributed by atoms with E-state index in [9.17, 15) is 18.0 Å². The van der Waals surface area contributed by atoms with E-state index in [0.717, 1.165) is 31.0 Å². The molecule has 9 heteroatoms. The van der Waals surface area contributed by atoms with Crippen LogP contribution >= 0.6 is 15.9 Å². The molecule has 7 nitrogen and oxygen atoms in total. The van der Waals surface area contributed by atoms with Crippen molar-refractivity contribution >= 4 is 43.5 Å². The van der Waals surface area contributed by atoms with Crippen molar-refractivity contribution in [2.75, 3.05) is 10.8 Å². The molecular weight excluding hydrogens is 650 g/mol. The van der Waals surface area contributed by atoms with Crippen LogP contribution in [-0.2, 0) is 32.6 Å². The summed E-state index contributed by atoms with van der Waals surface area (Å²) in [5.41, 5.74) is 3.39. The Morgan fingerprint density at radius 1 is 0.800 bits per heavy atom. The Bertz CT molecular complexity index is 1720. The van der Waals surface area contributed by atoms with E-state index in [2.05, 4.69) is 21.2 Å². The minimum atomic E-state index is -4.15. The Kier molecular flexibility index (Phi) is 10.9. The number of sulfonamides is 1. The molecule has 4 aromatic carbocycles. The fourth-order valence-electron chi connectivity index (χ4n) is 4.92. The first kappa shape index (κ1) is 33.9. The molecular formula is C36H40BrN3O4S. The number of carbonyl (C=O) groups is 2. The van der Waals surface area contributed by atoms with Gasteiger partial charge >= 0.3 is 0 Å². The number of nitrogens with one attached hydrogen (secondary N) is 1. The maximum Gasteiger partial charge on any atom is 0.264 e. The second kappa shape index (κ2) is 14.4. The van der Waals surface area contributed by atoms with E-state index in [1.165, 1.54) is 17.0 Å². The molecule has 0 aromatic heterocycles. The van der Waals surface area contributed by atoms with Gasteiger partial charge in [-0.15, -0.1) is 0 Å². The number of aryl methyl sites for hydroxylation is 2. The van der Waals surface area contributed by atoms with E-state index in [-0.39, 0.29) is 23.8 Å². The van der Waals surface area contributed by atoms with E-state index in [1.807, 2.05) is 95.3 Å². The molecule has 1 unspecified atom stereocenters. The fourth-order valence-corrected chi connectivity index (χ4v) is 6.61. The van der Waals surface area contributed by atoms with E-state index >= 15 is 0 Å². The number of nitrogens with zero attached hydrogens (tertiary/aromatic N) is 2. The van der Waals surface area contributed by atoms with E-state index < -0.39 is 34.1 Å². The lowest BCUT2D eigenvalue weighted by molar-refractivity contribution is -0.140. The third kappa shape index (κ3) is 9.05. The van der Waals surface area contributed by atoms with E-state index in [4.69, 9.17) is 0 Å². The number of hydrogen-bond donors (Lipinski definition) is 1. The lowest BCUT2D eigenvalue weighted by Gasteiger charge is -2.35. The Hall–Kier alpha value is -3.95. The van der Waals surface area contributed by atoms with Crippen molar-refractivity contribution in [1.82, 2.24) is 10.2 Å². The summed E-state index contributed by atoms with van der Waals surface area (Å²) in [4.78, 5) is 30.1. The quantitative estimate of drug-likeness (QED) is 0.187. The van der Waals surface area contributed by atoms with Crippen molar-refractivity contribution in [2.45, 2.75) is 64.1 Å². The van der Waals surface area contributed by atoms with Crippen LogP contribution in [0.1, 0.15) is 43.0 Å². The van der Waals surface area contributed by atoms with Gasteiger partial charge < -0.3 is 10.2 Å². The molecule has 0 saturated carbocycles. The summed E-state index contributed by atoms with van der Waals surface area (Å²) < 4.78 is 30.3. The largest absolute Gasteiger partial charge is 0.350 e. The van der Waals surface area contributed by atoms with Crippen LogP contribution in [0.3, 0.4) is 0 Å². The van der Waals surface area contributed by atoms with Crippen LogP contribution in [0.25, 0.3) is 0 Å². The molecule has 1 atom stereocenters. The molecule has 0 spiro atoms. The molecule has 2 amide bonds. The van der Waals surface area contributed by atoms with Crippen LogP contribution in [0.2, 0.25) is 0 Å². The second-order valence-electron chi connectivity index (χ2n) is 12.2. The summed E-state index contributed by atoms with van der Waals surface area (Å²) >= 11 is 3.47. The summed E-state index contributed by atoms with van der Waals surface area (Å²) in [5.74, 6) is -0.818. The summed E-state index contributed by atoms with van der Waals surface area (Å²) in [7, 11) is -4.15. The smallest absolute Gasteiger partial charge is 0.264 e. The highest BCUT2D eigenvalue weighted by molar-refractivity contribution is 9.10. The van der Waals surface area contributed by atoms with Gasteiger partial charge in [-0.1, -0.05) is 82.7 Å². The average molecular weight is 691 g/mol. The van der Waals surface area contributed by atoms with Crippen molar-refractivity contribution < 1.29 is 18.0 Å². The van der Waals surface area contributed by atoms with Crippen LogP contribution in [0, 0.1) is 13.8 Å². The van der Waals surface area contributed by atoms with Gasteiger partial charge in [0.05, 0.1) is 10.6 Å². The van der Waals surface area contributed by atoms with Crippen LogP contribution in [0.5, 0.6) is 0 Å². The average Bonchev–Trinajstić information content (AvgIpc) is 3.00. The predicted octanol–water partition coefficient (Wildman–Crippen LogP) is 6.82. The van der Waals surface area contributed by atoms with E-state index in [0.29, 0.717) is 5.69 Å². The summed E-state index contributed by atoms with van der Waals surface area (Å²) in [6.07, 6.45) is 0.250. The number of halogens is 1. The van der Waals surface area contributed by atoms with E-state index in [1.54, 1.807) is 30.3 Å². The highest BCUT2D eigenvalue weighted by Crippen LogP contribution is 2.27. The summed E-state index contributed by atoms with van der Waals surface area (Å²) in [5, 5.41) is 3.05. The molecule has 4 rings (SSSR count). The van der Waals surface area contributed by atoms with Crippen molar-refractivity contribution in [3.8, 4) is 0 Å². The molecule has 0 saturated heterocycles. The Labute approximate surface area is 275 Å². The van der Waals surface area contributed by atoms with Crippen LogP contribution in [-0.4, -0.2) is 43.3 Å². The van der Waals surface area contributed by atoms with Gasteiger partial charge in [-0.3, -0.25) is 13.9 Å². The van der Waals surface area contributed by atoms with Gasteiger partial charge in [-0.25, -0.2) is 8.42 Å². The lowest BCUT2D eigenvalue weighted by Crippen LogP contribution is -2.56. The SMILES string of the molecule is Cc1ccc(N(CC(=O)N(Cc2ccc(Br)cc2)C(Cc2ccccc2)C(=O)NC(C)(C)C)S(=O)(=O)c2ccccc2)cc1C. The van der Waals surface area contributed by atoms with Crippen LogP contribution in [0.4, 0.5) is 5.69 Å². The molecule has 236 valence electrons. The summed E-state index contributed by atoms with van der Waals surface area (Å²) in [6, 6.07) is 29.5. The molecule has 0 radical (unpaired) electrons. The number of carbonyl (C=O) groups excluding carboxylic acids is 2. The van der Waals surface area contributed by atoms with Gasteiger partial charge in [-0.05, 0) is 93.3 Å². The zero-order valence-electron chi connectivity index (χ0n) is 26.3. The van der Waals surface area contributed by atoms with Gasteiger partial charge in [0.2, 0.25) is 11.8 Å². The molecule has 0 bridgehead atoms. The highest BCUT2D eigenvalue weighted by atomic mass is 79.9. The molecule has 0 aliphatic rings. The summed E-state index contributed by atoms with van der Waals surface area (Å²) in [6.45, 7) is 9.12. The predicted molar refractivity (Wildman–Crippen MR) is 183 cm³/mol. The van der Waals surface area contributed by atoms with Crippen molar-refractivity contribution in [2.24, 2.45) is 0 Å². The molecule has 45 heavy (non-hydrogen) atoms. The zero-order valence-corrected chi connectivity index (χ0v) is 28.7. The minimum Gasteiger partial charge on any atom is -0.350 e. The van der Waals surface area contributed by atoms with Gasteiger partial charge in [0, 0.05) is 23.0 Å². The van der Waals surface area contributed by atoms with Gasteiger partial charge in [0.25, 0.3) is 10.0 Å². The molecule has 1 N–H and O–H groups in total. The van der Waals surface area contributed by atoms with Crippen LogP contribution < -0.4 is 9.62 Å². The number of anilines is 1. The molecule has 0 fully saturated rings. The first-order chi connectivity index (χ1) is 21.2. The van der Waals surface area contributed by atoms with Crippen LogP contribution in [0.15, 0.2) is 112 Å². The van der Waals surface area contributed by atoms with Gasteiger partial charge in [0.1, 0.15) is 12.6 Å². The highest BCUT2D eigenvalue weighted by Gasteiger charge is 2.35. The zero-order chi connectivity index (χ0) is 32.8. The maximum atomic E-state index is 14.6. The Morgan fingerprint density at radius 2 is 1.40 bits per heavy atom. The Balaban J connectivity index is 1.82. The lowest BCUT2D eigenvalue weighted by atomic mass is 10.0. The Morgan fingerprint density at radius 3 is 1.98 bits per heavy atom. The molecule has 4 aromatic rings. The normalized spacial score (nSPS) is 12.3. The topological polar surface area (TPSA) is 86.8 Å². The number of hydrogen-bond acceptors (Lipinski definition) is 4. The van der Waals surface area contributed by atoms with Gasteiger partial charge in [0.15, 0.2) is 0 Å².